The fourth-order valence-corrected chi connectivity index (χ4v) is 3.36. The second kappa shape index (κ2) is 8.73. The van der Waals surface area contributed by atoms with Crippen LogP contribution in [-0.4, -0.2) is 30.0 Å². The summed E-state index contributed by atoms with van der Waals surface area (Å²) in [7, 11) is 2.98. The Labute approximate surface area is 183 Å². The van der Waals surface area contributed by atoms with Crippen LogP contribution in [0.4, 0.5) is 11.4 Å². The summed E-state index contributed by atoms with van der Waals surface area (Å²) < 4.78 is 10.4. The van der Waals surface area contributed by atoms with Gasteiger partial charge in [-0.25, -0.2) is 4.98 Å². The monoisotopic (exact) mass is 429 g/mol. The van der Waals surface area contributed by atoms with Gasteiger partial charge in [0.2, 0.25) is 0 Å². The van der Waals surface area contributed by atoms with Gasteiger partial charge in [-0.2, -0.15) is 0 Å². The summed E-state index contributed by atoms with van der Waals surface area (Å²) in [4.78, 5) is 28.5. The van der Waals surface area contributed by atoms with Crippen LogP contribution in [0.1, 0.15) is 10.4 Å². The molecular weight excluding hydrogens is 410 g/mol. The third-order valence-corrected chi connectivity index (χ3v) is 4.99. The number of ether oxygens (including phenoxy) is 2. The minimum Gasteiger partial charge on any atom is -0.497 e. The van der Waals surface area contributed by atoms with E-state index in [-0.39, 0.29) is 17.3 Å². The average Bonchev–Trinajstić information content (AvgIpc) is 2.83. The van der Waals surface area contributed by atoms with Gasteiger partial charge in [0.05, 0.1) is 47.7 Å². The fraction of sp³-hybridized carbons (Fsp3) is 0.0833. The van der Waals surface area contributed by atoms with Crippen LogP contribution in [0.5, 0.6) is 11.5 Å². The second-order valence-corrected chi connectivity index (χ2v) is 6.90. The molecule has 4 aromatic rings. The quantitative estimate of drug-likeness (QED) is 0.339. The Kier molecular flexibility index (Phi) is 5.67. The van der Waals surface area contributed by atoms with Gasteiger partial charge in [-0.1, -0.05) is 18.2 Å². The number of benzene rings is 3. The standard InChI is InChI=1S/C24H19N3O5/c1-31-17-10-7-15(8-11-17)22-14-19(18-5-3-4-6-20(18)25-22)24(28)26-21-12-9-16(27(29)30)13-23(21)32-2/h3-14H,1-2H3,(H,26,28). The predicted octanol–water partition coefficient (Wildman–Crippen LogP) is 5.08. The normalized spacial score (nSPS) is 10.6. The van der Waals surface area contributed by atoms with E-state index in [1.54, 1.807) is 13.2 Å². The van der Waals surface area contributed by atoms with Crippen molar-refractivity contribution in [1.29, 1.82) is 0 Å². The number of nitrogens with one attached hydrogen (secondary N) is 1. The number of pyridine rings is 1. The number of fused-ring (bicyclic) bond motifs is 1. The summed E-state index contributed by atoms with van der Waals surface area (Å²) in [5.74, 6) is 0.532. The summed E-state index contributed by atoms with van der Waals surface area (Å²) in [5.41, 5.74) is 2.75. The van der Waals surface area contributed by atoms with E-state index in [0.717, 1.165) is 11.3 Å². The number of carbonyl (C=O) groups excluding carboxylic acids is 1. The Balaban J connectivity index is 1.76. The highest BCUT2D eigenvalue weighted by atomic mass is 16.6. The lowest BCUT2D eigenvalue weighted by atomic mass is 10.0. The molecule has 1 amide bonds. The van der Waals surface area contributed by atoms with Gasteiger partial charge in [0, 0.05) is 17.0 Å². The summed E-state index contributed by atoms with van der Waals surface area (Å²) in [6.45, 7) is 0. The van der Waals surface area contributed by atoms with Crippen LogP contribution in [0.25, 0.3) is 22.2 Å². The van der Waals surface area contributed by atoms with E-state index in [9.17, 15) is 14.9 Å². The zero-order valence-corrected chi connectivity index (χ0v) is 17.4. The van der Waals surface area contributed by atoms with E-state index in [1.165, 1.54) is 25.3 Å². The lowest BCUT2D eigenvalue weighted by Gasteiger charge is -2.13. The Morgan fingerprint density at radius 3 is 2.41 bits per heavy atom. The number of carbonyl (C=O) groups is 1. The maximum Gasteiger partial charge on any atom is 0.273 e. The number of hydrogen-bond acceptors (Lipinski definition) is 6. The SMILES string of the molecule is COc1ccc(-c2cc(C(=O)Nc3ccc([N+](=O)[O-])cc3OC)c3ccccc3n2)cc1. The molecule has 0 bridgehead atoms. The van der Waals surface area contributed by atoms with Crippen molar-refractivity contribution in [2.75, 3.05) is 19.5 Å². The first-order valence-electron chi connectivity index (χ1n) is 9.68. The van der Waals surface area contributed by atoms with Crippen molar-refractivity contribution in [3.63, 3.8) is 0 Å². The topological polar surface area (TPSA) is 104 Å². The van der Waals surface area contributed by atoms with Crippen LogP contribution in [0, 0.1) is 10.1 Å². The Morgan fingerprint density at radius 1 is 0.969 bits per heavy atom. The molecule has 1 aromatic heterocycles. The number of non-ortho nitro benzene ring substituents is 1. The highest BCUT2D eigenvalue weighted by Gasteiger charge is 2.17. The van der Waals surface area contributed by atoms with E-state index in [1.807, 2.05) is 48.5 Å². The van der Waals surface area contributed by atoms with E-state index in [4.69, 9.17) is 14.5 Å². The zero-order chi connectivity index (χ0) is 22.7. The molecule has 32 heavy (non-hydrogen) atoms. The number of amides is 1. The third-order valence-electron chi connectivity index (χ3n) is 4.99. The second-order valence-electron chi connectivity index (χ2n) is 6.90. The summed E-state index contributed by atoms with van der Waals surface area (Å²) in [6.07, 6.45) is 0. The Bertz CT molecular complexity index is 1320. The maximum absolute atomic E-state index is 13.3. The maximum atomic E-state index is 13.3. The smallest absolute Gasteiger partial charge is 0.273 e. The average molecular weight is 429 g/mol. The molecule has 1 N–H and O–H groups in total. The summed E-state index contributed by atoms with van der Waals surface area (Å²) in [5, 5.41) is 14.5. The number of hydrogen-bond donors (Lipinski definition) is 1. The molecule has 0 aliphatic heterocycles. The number of para-hydroxylation sites is 1. The van der Waals surface area contributed by atoms with Crippen molar-refractivity contribution in [2.45, 2.75) is 0 Å². The molecule has 0 unspecified atom stereocenters. The first-order valence-corrected chi connectivity index (χ1v) is 9.68. The van der Waals surface area contributed by atoms with Gasteiger partial charge >= 0.3 is 0 Å². The first kappa shape index (κ1) is 20.8. The van der Waals surface area contributed by atoms with Gasteiger partial charge in [-0.3, -0.25) is 14.9 Å². The number of nitro benzene ring substituents is 1. The van der Waals surface area contributed by atoms with Crippen LogP contribution < -0.4 is 14.8 Å². The lowest BCUT2D eigenvalue weighted by molar-refractivity contribution is -0.384. The molecule has 0 aliphatic rings. The van der Waals surface area contributed by atoms with Gasteiger partial charge in [0.1, 0.15) is 11.5 Å². The first-order chi connectivity index (χ1) is 15.5. The zero-order valence-electron chi connectivity index (χ0n) is 17.4. The molecule has 4 rings (SSSR count). The van der Waals surface area contributed by atoms with Gasteiger partial charge in [-0.05, 0) is 42.5 Å². The molecule has 8 nitrogen and oxygen atoms in total. The molecule has 0 saturated heterocycles. The van der Waals surface area contributed by atoms with Crippen molar-refractivity contribution >= 4 is 28.2 Å². The predicted molar refractivity (Wildman–Crippen MR) is 121 cm³/mol. The molecule has 3 aromatic carbocycles. The summed E-state index contributed by atoms with van der Waals surface area (Å²) in [6, 6.07) is 20.5. The minimum atomic E-state index is -0.522. The van der Waals surface area contributed by atoms with E-state index in [0.29, 0.717) is 27.8 Å². The van der Waals surface area contributed by atoms with Gasteiger partial charge < -0.3 is 14.8 Å². The van der Waals surface area contributed by atoms with Crippen molar-refractivity contribution < 1.29 is 19.2 Å². The highest BCUT2D eigenvalue weighted by molar-refractivity contribution is 6.13. The number of nitrogens with zero attached hydrogens (tertiary/aromatic N) is 2. The molecule has 0 aliphatic carbocycles. The molecule has 8 heteroatoms. The third kappa shape index (κ3) is 4.06. The molecule has 0 atom stereocenters. The number of rotatable bonds is 6. The van der Waals surface area contributed by atoms with Crippen molar-refractivity contribution in [3.8, 4) is 22.8 Å². The van der Waals surface area contributed by atoms with Crippen LogP contribution in [0.2, 0.25) is 0 Å². The van der Waals surface area contributed by atoms with Crippen LogP contribution in [0.15, 0.2) is 72.8 Å². The molecule has 1 heterocycles. The van der Waals surface area contributed by atoms with Crippen LogP contribution in [-0.2, 0) is 0 Å². The summed E-state index contributed by atoms with van der Waals surface area (Å²) >= 11 is 0. The number of anilines is 1. The van der Waals surface area contributed by atoms with Crippen LogP contribution >= 0.6 is 0 Å². The van der Waals surface area contributed by atoms with Gasteiger partial charge in [0.25, 0.3) is 11.6 Å². The lowest BCUT2D eigenvalue weighted by Crippen LogP contribution is -2.14. The number of methoxy groups -OCH3 is 2. The minimum absolute atomic E-state index is 0.129. The molecule has 0 fully saturated rings. The Hall–Kier alpha value is -4.46. The van der Waals surface area contributed by atoms with E-state index >= 15 is 0 Å². The van der Waals surface area contributed by atoms with Gasteiger partial charge in [0.15, 0.2) is 0 Å². The van der Waals surface area contributed by atoms with E-state index in [2.05, 4.69) is 5.32 Å². The molecule has 0 saturated carbocycles. The van der Waals surface area contributed by atoms with Crippen molar-refractivity contribution in [2.24, 2.45) is 0 Å². The molecular formula is C24H19N3O5. The largest absolute Gasteiger partial charge is 0.497 e. The Morgan fingerprint density at radius 2 is 1.72 bits per heavy atom. The molecule has 0 spiro atoms. The van der Waals surface area contributed by atoms with Gasteiger partial charge in [-0.15, -0.1) is 0 Å². The van der Waals surface area contributed by atoms with Crippen LogP contribution in [0.3, 0.4) is 0 Å². The van der Waals surface area contributed by atoms with Crippen molar-refractivity contribution in [1.82, 2.24) is 4.98 Å². The molecule has 0 radical (unpaired) electrons. The van der Waals surface area contributed by atoms with Crippen molar-refractivity contribution in [3.05, 3.63) is 88.5 Å². The highest BCUT2D eigenvalue weighted by Crippen LogP contribution is 2.31. The number of nitro groups is 1. The number of aromatic nitrogens is 1. The fourth-order valence-electron chi connectivity index (χ4n) is 3.36. The van der Waals surface area contributed by atoms with E-state index < -0.39 is 4.92 Å². The molecule has 160 valence electrons.